The van der Waals surface area contributed by atoms with E-state index in [1.165, 1.54) is 12.3 Å². The van der Waals surface area contributed by atoms with Gasteiger partial charge in [0.25, 0.3) is 0 Å². The van der Waals surface area contributed by atoms with E-state index in [1.54, 1.807) is 52.7 Å². The van der Waals surface area contributed by atoms with Crippen LogP contribution in [0.25, 0.3) is 0 Å². The monoisotopic (exact) mass is 254 g/mol. The minimum Gasteiger partial charge on any atom is -0.291 e. The van der Waals surface area contributed by atoms with Gasteiger partial charge in [0.15, 0.2) is 0 Å². The van der Waals surface area contributed by atoms with Crippen molar-refractivity contribution in [1.82, 2.24) is 24.2 Å². The van der Waals surface area contributed by atoms with Crippen molar-refractivity contribution in [2.75, 3.05) is 0 Å². The van der Waals surface area contributed by atoms with E-state index in [0.717, 1.165) is 5.06 Å². The van der Waals surface area contributed by atoms with Gasteiger partial charge in [0.05, 0.1) is 24.3 Å². The number of hydroxylamine groups is 2. The Morgan fingerprint density at radius 2 is 1.79 bits per heavy atom. The summed E-state index contributed by atoms with van der Waals surface area (Å²) in [6.45, 7) is 0. The summed E-state index contributed by atoms with van der Waals surface area (Å²) in [6, 6.07) is 2.07. The van der Waals surface area contributed by atoms with Gasteiger partial charge < -0.3 is 0 Å². The lowest BCUT2D eigenvalue weighted by atomic mass is 10.1. The van der Waals surface area contributed by atoms with Crippen LogP contribution in [-0.2, 0) is 5.79 Å². The predicted molar refractivity (Wildman–Crippen MR) is 64.3 cm³/mol. The van der Waals surface area contributed by atoms with Crippen LogP contribution < -0.4 is 0 Å². The number of hydrogen-bond donors (Lipinski definition) is 1. The normalized spacial score (nSPS) is 17.1. The van der Waals surface area contributed by atoms with E-state index in [1.807, 2.05) is 0 Å². The lowest BCUT2D eigenvalue weighted by molar-refractivity contribution is -0.161. The van der Waals surface area contributed by atoms with Gasteiger partial charge in [-0.05, 0) is 6.08 Å². The van der Waals surface area contributed by atoms with Gasteiger partial charge >= 0.3 is 0 Å². The van der Waals surface area contributed by atoms with E-state index < -0.39 is 5.79 Å². The van der Waals surface area contributed by atoms with Crippen LogP contribution in [0.2, 0.25) is 0 Å². The van der Waals surface area contributed by atoms with E-state index in [9.17, 15) is 5.21 Å². The molecule has 19 heavy (non-hydrogen) atoms. The summed E-state index contributed by atoms with van der Waals surface area (Å²) in [4.78, 5) is 7.99. The summed E-state index contributed by atoms with van der Waals surface area (Å²) in [5.41, 5.74) is 0.438. The molecule has 0 atom stereocenters. The molecule has 0 fully saturated rings. The first-order chi connectivity index (χ1) is 9.27. The fourth-order valence-electron chi connectivity index (χ4n) is 2.08. The molecule has 3 rings (SSSR count). The summed E-state index contributed by atoms with van der Waals surface area (Å²) in [5, 5.41) is 20.4. The maximum absolute atomic E-state index is 10.3. The second-order valence-corrected chi connectivity index (χ2v) is 4.00. The number of aromatic nitrogens is 4. The Hall–Kier alpha value is -2.85. The zero-order chi connectivity index (χ0) is 13.3. The Labute approximate surface area is 108 Å². The van der Waals surface area contributed by atoms with Crippen LogP contribution in [0.5, 0.6) is 0 Å². The van der Waals surface area contributed by atoms with Crippen molar-refractivity contribution in [3.8, 4) is 6.07 Å². The van der Waals surface area contributed by atoms with Crippen LogP contribution in [0.15, 0.2) is 61.4 Å². The molecule has 7 nitrogen and oxygen atoms in total. The van der Waals surface area contributed by atoms with E-state index in [4.69, 9.17) is 5.26 Å². The van der Waals surface area contributed by atoms with Gasteiger partial charge in [0, 0.05) is 37.1 Å². The molecule has 0 bridgehead atoms. The van der Waals surface area contributed by atoms with Gasteiger partial charge in [0.1, 0.15) is 0 Å². The predicted octanol–water partition coefficient (Wildman–Crippen LogP) is 0.907. The Bertz CT molecular complexity index is 627. The first-order valence-corrected chi connectivity index (χ1v) is 5.53. The van der Waals surface area contributed by atoms with Crippen LogP contribution >= 0.6 is 0 Å². The molecule has 2 aromatic heterocycles. The van der Waals surface area contributed by atoms with Gasteiger partial charge in [-0.15, -0.1) is 0 Å². The van der Waals surface area contributed by atoms with E-state index in [2.05, 4.69) is 16.0 Å². The van der Waals surface area contributed by atoms with Crippen LogP contribution in [0.1, 0.15) is 0 Å². The lowest BCUT2D eigenvalue weighted by Crippen LogP contribution is -2.51. The third-order valence-corrected chi connectivity index (χ3v) is 2.98. The van der Waals surface area contributed by atoms with E-state index in [0.29, 0.717) is 5.57 Å². The fourth-order valence-corrected chi connectivity index (χ4v) is 2.08. The number of imidazole rings is 2. The molecule has 0 radical (unpaired) electrons. The first kappa shape index (κ1) is 11.3. The minimum absolute atomic E-state index is 0.438. The second kappa shape index (κ2) is 4.12. The average molecular weight is 254 g/mol. The van der Waals surface area contributed by atoms with Crippen LogP contribution in [0, 0.1) is 11.3 Å². The molecular weight excluding hydrogens is 244 g/mol. The molecule has 0 spiro atoms. The van der Waals surface area contributed by atoms with Crippen molar-refractivity contribution in [2.24, 2.45) is 0 Å². The van der Waals surface area contributed by atoms with Crippen molar-refractivity contribution in [1.29, 1.82) is 5.26 Å². The summed E-state index contributed by atoms with van der Waals surface area (Å²) < 4.78 is 3.35. The molecule has 0 unspecified atom stereocenters. The van der Waals surface area contributed by atoms with E-state index in [-0.39, 0.29) is 0 Å². The summed E-state index contributed by atoms with van der Waals surface area (Å²) in [7, 11) is 0. The molecular formula is C12H10N6O. The number of nitriles is 1. The molecule has 1 N–H and O–H groups in total. The minimum atomic E-state index is -1.12. The van der Waals surface area contributed by atoms with Gasteiger partial charge in [-0.1, -0.05) is 0 Å². The van der Waals surface area contributed by atoms with Crippen LogP contribution in [0.3, 0.4) is 0 Å². The molecule has 0 saturated heterocycles. The summed E-state index contributed by atoms with van der Waals surface area (Å²) in [5.74, 6) is -1.12. The third-order valence-electron chi connectivity index (χ3n) is 2.98. The standard InChI is InChI=1S/C12H10N6O/c13-8-11-1-4-18(19)12(7-11,16-5-2-14-9-16)17-6-3-15-10-17/h1-7,9-10,19H. The Morgan fingerprint density at radius 3 is 2.26 bits per heavy atom. The van der Waals surface area contributed by atoms with Crippen molar-refractivity contribution in [3.63, 3.8) is 0 Å². The number of allylic oxidation sites excluding steroid dienone is 2. The highest BCUT2D eigenvalue weighted by atomic mass is 16.5. The molecule has 1 aliphatic rings. The molecule has 0 saturated carbocycles. The van der Waals surface area contributed by atoms with Crippen LogP contribution in [-0.4, -0.2) is 29.4 Å². The number of nitrogens with zero attached hydrogens (tertiary/aromatic N) is 6. The van der Waals surface area contributed by atoms with Gasteiger partial charge in [-0.2, -0.15) is 5.26 Å². The SMILES string of the molecule is N#CC1=CC(n2ccnc2)(n2ccnc2)N(O)C=C1. The third kappa shape index (κ3) is 1.55. The quantitative estimate of drug-likeness (QED) is 0.861. The second-order valence-electron chi connectivity index (χ2n) is 4.00. The van der Waals surface area contributed by atoms with Gasteiger partial charge in [0.2, 0.25) is 5.79 Å². The highest BCUT2D eigenvalue weighted by molar-refractivity contribution is 5.38. The molecule has 3 heterocycles. The number of rotatable bonds is 2. The highest BCUT2D eigenvalue weighted by Crippen LogP contribution is 2.29. The molecule has 94 valence electrons. The van der Waals surface area contributed by atoms with E-state index >= 15 is 0 Å². The Kier molecular flexibility index (Phi) is 2.44. The maximum atomic E-state index is 10.3. The van der Waals surface area contributed by atoms with Crippen LogP contribution in [0.4, 0.5) is 0 Å². The Balaban J connectivity index is 2.26. The topological polar surface area (TPSA) is 82.9 Å². The zero-order valence-electron chi connectivity index (χ0n) is 9.83. The van der Waals surface area contributed by atoms with Crippen molar-refractivity contribution < 1.29 is 5.21 Å². The molecule has 1 aliphatic heterocycles. The Morgan fingerprint density at radius 1 is 1.16 bits per heavy atom. The smallest absolute Gasteiger partial charge is 0.245 e. The largest absolute Gasteiger partial charge is 0.291 e. The molecule has 0 aromatic carbocycles. The highest BCUT2D eigenvalue weighted by Gasteiger charge is 2.38. The first-order valence-electron chi connectivity index (χ1n) is 5.53. The van der Waals surface area contributed by atoms with Crippen molar-refractivity contribution in [2.45, 2.75) is 5.79 Å². The molecule has 2 aromatic rings. The van der Waals surface area contributed by atoms with Gasteiger partial charge in [-0.25, -0.2) is 15.0 Å². The molecule has 0 aliphatic carbocycles. The average Bonchev–Trinajstić information content (AvgIpc) is 3.13. The molecule has 0 amide bonds. The summed E-state index contributed by atoms with van der Waals surface area (Å²) >= 11 is 0. The van der Waals surface area contributed by atoms with Gasteiger partial charge in [-0.3, -0.25) is 14.3 Å². The maximum Gasteiger partial charge on any atom is 0.245 e. The van der Waals surface area contributed by atoms with Crippen molar-refractivity contribution in [3.05, 3.63) is 61.4 Å². The lowest BCUT2D eigenvalue weighted by Gasteiger charge is -2.40. The zero-order valence-corrected chi connectivity index (χ0v) is 9.83. The summed E-state index contributed by atoms with van der Waals surface area (Å²) in [6.07, 6.45) is 14.3. The molecule has 7 heteroatoms. The number of hydrogen-bond acceptors (Lipinski definition) is 5. The van der Waals surface area contributed by atoms with Crippen molar-refractivity contribution >= 4 is 0 Å². The fraction of sp³-hybridized carbons (Fsp3) is 0.0833.